The normalized spacial score (nSPS) is 12.6. The second kappa shape index (κ2) is 5.13. The SMILES string of the molecule is CCOC(=O)C(F)Sc1nnc2ccccn12. The molecule has 0 N–H and O–H groups in total. The number of fused-ring (bicyclic) bond motifs is 1. The fourth-order valence-electron chi connectivity index (χ4n) is 1.25. The van der Waals surface area contributed by atoms with Crippen molar-refractivity contribution in [3.8, 4) is 0 Å². The van der Waals surface area contributed by atoms with Crippen LogP contribution in [0.1, 0.15) is 6.92 Å². The summed E-state index contributed by atoms with van der Waals surface area (Å²) in [6.45, 7) is 1.78. The van der Waals surface area contributed by atoms with Gasteiger partial charge >= 0.3 is 5.97 Å². The number of halogens is 1. The molecule has 90 valence electrons. The standard InChI is InChI=1S/C10H10FN3O2S/c1-2-16-9(15)8(11)17-10-13-12-7-5-3-4-6-14(7)10/h3-6,8H,2H2,1H3. The topological polar surface area (TPSA) is 56.5 Å². The number of hydrogen-bond acceptors (Lipinski definition) is 5. The van der Waals surface area contributed by atoms with Crippen LogP contribution in [0.15, 0.2) is 29.6 Å². The Morgan fingerprint density at radius 1 is 1.59 bits per heavy atom. The lowest BCUT2D eigenvalue weighted by atomic mass is 10.5. The third-order valence-electron chi connectivity index (χ3n) is 1.96. The molecule has 0 radical (unpaired) electrons. The van der Waals surface area contributed by atoms with Gasteiger partial charge in [-0.2, -0.15) is 0 Å². The Bertz CT molecular complexity index is 531. The van der Waals surface area contributed by atoms with Crippen molar-refractivity contribution in [2.24, 2.45) is 0 Å². The van der Waals surface area contributed by atoms with Crippen LogP contribution in [0.2, 0.25) is 0 Å². The highest BCUT2D eigenvalue weighted by molar-refractivity contribution is 8.00. The van der Waals surface area contributed by atoms with Crippen molar-refractivity contribution in [3.63, 3.8) is 0 Å². The molecule has 1 unspecified atom stereocenters. The van der Waals surface area contributed by atoms with Gasteiger partial charge in [0.1, 0.15) is 0 Å². The number of hydrogen-bond donors (Lipinski definition) is 0. The van der Waals surface area contributed by atoms with Crippen molar-refractivity contribution in [1.82, 2.24) is 14.6 Å². The summed E-state index contributed by atoms with van der Waals surface area (Å²) >= 11 is 0.676. The third-order valence-corrected chi connectivity index (χ3v) is 2.85. The van der Waals surface area contributed by atoms with Crippen molar-refractivity contribution >= 4 is 23.4 Å². The molecule has 2 aromatic heterocycles. The number of aromatic nitrogens is 3. The summed E-state index contributed by atoms with van der Waals surface area (Å²) in [5, 5.41) is 7.98. The maximum Gasteiger partial charge on any atom is 0.351 e. The molecule has 0 aliphatic rings. The van der Waals surface area contributed by atoms with Crippen molar-refractivity contribution in [2.75, 3.05) is 6.61 Å². The number of alkyl halides is 1. The lowest BCUT2D eigenvalue weighted by molar-refractivity contribution is -0.145. The summed E-state index contributed by atoms with van der Waals surface area (Å²) in [6.07, 6.45) is 1.70. The zero-order valence-corrected chi connectivity index (χ0v) is 9.85. The molecular formula is C10H10FN3O2S. The molecule has 0 aliphatic heterocycles. The fraction of sp³-hybridized carbons (Fsp3) is 0.300. The number of rotatable bonds is 4. The van der Waals surface area contributed by atoms with E-state index in [4.69, 9.17) is 0 Å². The third kappa shape index (κ3) is 2.55. The van der Waals surface area contributed by atoms with E-state index in [1.54, 1.807) is 35.7 Å². The van der Waals surface area contributed by atoms with Crippen LogP contribution >= 0.6 is 11.8 Å². The van der Waals surface area contributed by atoms with Crippen LogP contribution in [0.5, 0.6) is 0 Å². The van der Waals surface area contributed by atoms with Crippen LogP contribution in [0.3, 0.4) is 0 Å². The molecule has 2 rings (SSSR count). The van der Waals surface area contributed by atoms with Gasteiger partial charge < -0.3 is 4.74 Å². The van der Waals surface area contributed by atoms with Crippen LogP contribution in [0, 0.1) is 0 Å². The zero-order chi connectivity index (χ0) is 12.3. The monoisotopic (exact) mass is 255 g/mol. The van der Waals surface area contributed by atoms with Gasteiger partial charge in [0.2, 0.25) is 5.50 Å². The van der Waals surface area contributed by atoms with Gasteiger partial charge in [-0.25, -0.2) is 9.18 Å². The van der Waals surface area contributed by atoms with Gasteiger partial charge in [0.05, 0.1) is 6.61 Å². The number of pyridine rings is 1. The zero-order valence-electron chi connectivity index (χ0n) is 9.04. The van der Waals surface area contributed by atoms with Gasteiger partial charge in [0, 0.05) is 6.20 Å². The Kier molecular flexibility index (Phi) is 3.58. The molecule has 5 nitrogen and oxygen atoms in total. The molecule has 0 aromatic carbocycles. The van der Waals surface area contributed by atoms with Crippen LogP contribution in [0.25, 0.3) is 5.65 Å². The number of thioether (sulfide) groups is 1. The van der Waals surface area contributed by atoms with Crippen LogP contribution in [-0.4, -0.2) is 32.7 Å². The number of carbonyl (C=O) groups is 1. The Morgan fingerprint density at radius 2 is 2.41 bits per heavy atom. The fourth-order valence-corrected chi connectivity index (χ4v) is 1.95. The quantitative estimate of drug-likeness (QED) is 0.614. The molecule has 0 saturated carbocycles. The highest BCUT2D eigenvalue weighted by atomic mass is 32.2. The summed E-state index contributed by atoms with van der Waals surface area (Å²) in [5.41, 5.74) is -1.19. The molecule has 1 atom stereocenters. The Labute approximate surface area is 101 Å². The van der Waals surface area contributed by atoms with Crippen molar-refractivity contribution in [1.29, 1.82) is 0 Å². The summed E-state index contributed by atoms with van der Waals surface area (Å²) in [5.74, 6) is -0.898. The first-order valence-corrected chi connectivity index (χ1v) is 5.87. The largest absolute Gasteiger partial charge is 0.463 e. The van der Waals surface area contributed by atoms with E-state index >= 15 is 0 Å². The van der Waals surface area contributed by atoms with Gasteiger partial charge in [-0.05, 0) is 30.8 Å². The Hall–Kier alpha value is -1.63. The van der Waals surface area contributed by atoms with Crippen molar-refractivity contribution in [3.05, 3.63) is 24.4 Å². The molecule has 0 spiro atoms. The van der Waals surface area contributed by atoms with Crippen LogP contribution < -0.4 is 0 Å². The van der Waals surface area contributed by atoms with E-state index in [1.807, 2.05) is 0 Å². The second-order valence-electron chi connectivity index (χ2n) is 3.10. The lowest BCUT2D eigenvalue weighted by Crippen LogP contribution is -2.15. The Balaban J connectivity index is 2.16. The van der Waals surface area contributed by atoms with Crippen molar-refractivity contribution < 1.29 is 13.9 Å². The molecule has 0 aliphatic carbocycles. The van der Waals surface area contributed by atoms with E-state index in [2.05, 4.69) is 14.9 Å². The number of carbonyl (C=O) groups excluding carboxylic acids is 1. The molecule has 17 heavy (non-hydrogen) atoms. The predicted molar refractivity (Wildman–Crippen MR) is 60.4 cm³/mol. The smallest absolute Gasteiger partial charge is 0.351 e. The van der Waals surface area contributed by atoms with E-state index in [9.17, 15) is 9.18 Å². The second-order valence-corrected chi connectivity index (χ2v) is 4.11. The maximum atomic E-state index is 13.5. The average Bonchev–Trinajstić information content (AvgIpc) is 2.73. The van der Waals surface area contributed by atoms with E-state index < -0.39 is 11.5 Å². The van der Waals surface area contributed by atoms with E-state index in [0.29, 0.717) is 22.6 Å². The average molecular weight is 255 g/mol. The molecular weight excluding hydrogens is 245 g/mol. The summed E-state index contributed by atoms with van der Waals surface area (Å²) in [4.78, 5) is 11.1. The molecule has 0 fully saturated rings. The highest BCUT2D eigenvalue weighted by Gasteiger charge is 2.22. The predicted octanol–water partition coefficient (Wildman–Crippen LogP) is 1.68. The van der Waals surface area contributed by atoms with Crippen LogP contribution in [-0.2, 0) is 9.53 Å². The van der Waals surface area contributed by atoms with Gasteiger partial charge in [-0.15, -0.1) is 10.2 Å². The molecule has 2 aromatic rings. The van der Waals surface area contributed by atoms with E-state index in [1.165, 1.54) is 0 Å². The van der Waals surface area contributed by atoms with Gasteiger partial charge in [-0.3, -0.25) is 4.40 Å². The molecule has 0 saturated heterocycles. The number of nitrogens with zero attached hydrogens (tertiary/aromatic N) is 3. The van der Waals surface area contributed by atoms with E-state index in [-0.39, 0.29) is 6.61 Å². The van der Waals surface area contributed by atoms with Gasteiger partial charge in [0.15, 0.2) is 10.8 Å². The first-order chi connectivity index (χ1) is 8.22. The molecule has 2 heterocycles. The number of ether oxygens (including phenoxy) is 1. The highest BCUT2D eigenvalue weighted by Crippen LogP contribution is 2.23. The minimum atomic E-state index is -1.79. The minimum absolute atomic E-state index is 0.153. The first kappa shape index (κ1) is 11.8. The number of esters is 1. The van der Waals surface area contributed by atoms with Gasteiger partial charge in [0.25, 0.3) is 0 Å². The first-order valence-electron chi connectivity index (χ1n) is 4.99. The molecule has 0 amide bonds. The summed E-state index contributed by atoms with van der Waals surface area (Å²) in [6, 6.07) is 5.32. The van der Waals surface area contributed by atoms with Crippen molar-refractivity contribution in [2.45, 2.75) is 17.6 Å². The maximum absolute atomic E-state index is 13.5. The van der Waals surface area contributed by atoms with Gasteiger partial charge in [-0.1, -0.05) is 6.07 Å². The Morgan fingerprint density at radius 3 is 3.18 bits per heavy atom. The molecule has 7 heteroatoms. The summed E-state index contributed by atoms with van der Waals surface area (Å²) < 4.78 is 19.7. The minimum Gasteiger partial charge on any atom is -0.463 e. The van der Waals surface area contributed by atoms with E-state index in [0.717, 1.165) is 0 Å². The molecule has 0 bridgehead atoms. The van der Waals surface area contributed by atoms with Crippen LogP contribution in [0.4, 0.5) is 4.39 Å². The summed E-state index contributed by atoms with van der Waals surface area (Å²) in [7, 11) is 0. The lowest BCUT2D eigenvalue weighted by Gasteiger charge is -2.05.